The normalized spacial score (nSPS) is 19.6. The van der Waals surface area contributed by atoms with E-state index in [1.165, 1.54) is 5.56 Å². The first-order chi connectivity index (χ1) is 9.24. The number of hydrogen-bond acceptors (Lipinski definition) is 3. The average Bonchev–Trinajstić information content (AvgIpc) is 2.86. The van der Waals surface area contributed by atoms with Crippen molar-refractivity contribution in [1.29, 1.82) is 0 Å². The summed E-state index contributed by atoms with van der Waals surface area (Å²) in [6, 6.07) is 12.8. The molecule has 1 N–H and O–H groups in total. The van der Waals surface area contributed by atoms with Crippen molar-refractivity contribution in [2.45, 2.75) is 32.4 Å². The molecule has 0 fully saturated rings. The topological polar surface area (TPSA) is 34.4 Å². The molecule has 0 saturated heterocycles. The largest absolute Gasteiger partial charge is 0.493 e. The molecule has 3 nitrogen and oxygen atoms in total. The second-order valence-electron chi connectivity index (χ2n) is 5.06. The van der Waals surface area contributed by atoms with Crippen LogP contribution < -0.4 is 10.1 Å². The van der Waals surface area contributed by atoms with Crippen LogP contribution in [-0.4, -0.2) is 6.61 Å². The molecule has 1 aromatic heterocycles. The third-order valence-corrected chi connectivity index (χ3v) is 3.60. The van der Waals surface area contributed by atoms with Crippen molar-refractivity contribution in [3.8, 4) is 5.75 Å². The van der Waals surface area contributed by atoms with E-state index in [9.17, 15) is 0 Å². The molecule has 3 rings (SSSR count). The molecular weight excluding hydrogens is 238 g/mol. The molecule has 100 valence electrons. The van der Waals surface area contributed by atoms with Gasteiger partial charge in [-0.15, -0.1) is 0 Å². The van der Waals surface area contributed by atoms with E-state index in [0.29, 0.717) is 6.04 Å². The van der Waals surface area contributed by atoms with Crippen LogP contribution in [0, 0.1) is 6.92 Å². The van der Waals surface area contributed by atoms with Gasteiger partial charge in [-0.05, 0) is 32.0 Å². The fraction of sp³-hybridized carbons (Fsp3) is 0.375. The van der Waals surface area contributed by atoms with E-state index in [0.717, 1.165) is 30.3 Å². The molecule has 1 aromatic carbocycles. The third kappa shape index (κ3) is 2.51. The van der Waals surface area contributed by atoms with Crippen LogP contribution in [0.2, 0.25) is 0 Å². The van der Waals surface area contributed by atoms with Gasteiger partial charge in [-0.25, -0.2) is 0 Å². The smallest absolute Gasteiger partial charge is 0.124 e. The van der Waals surface area contributed by atoms with E-state index >= 15 is 0 Å². The molecule has 0 saturated carbocycles. The predicted molar refractivity (Wildman–Crippen MR) is 74.3 cm³/mol. The number of fused-ring (bicyclic) bond motifs is 1. The Hall–Kier alpha value is -1.74. The zero-order valence-corrected chi connectivity index (χ0v) is 11.3. The van der Waals surface area contributed by atoms with E-state index < -0.39 is 0 Å². The van der Waals surface area contributed by atoms with Crippen LogP contribution in [0.1, 0.15) is 42.5 Å². The number of aryl methyl sites for hydroxylation is 1. The lowest BCUT2D eigenvalue weighted by molar-refractivity contribution is 0.241. The van der Waals surface area contributed by atoms with E-state index in [4.69, 9.17) is 9.15 Å². The van der Waals surface area contributed by atoms with Gasteiger partial charge in [-0.2, -0.15) is 0 Å². The summed E-state index contributed by atoms with van der Waals surface area (Å²) in [5.74, 6) is 2.94. The minimum absolute atomic E-state index is 0.199. The Bertz CT molecular complexity index is 561. The zero-order valence-electron chi connectivity index (χ0n) is 11.3. The number of hydrogen-bond donors (Lipinski definition) is 1. The highest BCUT2D eigenvalue weighted by Crippen LogP contribution is 2.33. The van der Waals surface area contributed by atoms with E-state index in [2.05, 4.69) is 24.4 Å². The molecule has 2 heterocycles. The highest BCUT2D eigenvalue weighted by molar-refractivity contribution is 5.37. The van der Waals surface area contributed by atoms with Crippen LogP contribution in [0.4, 0.5) is 0 Å². The lowest BCUT2D eigenvalue weighted by Crippen LogP contribution is -2.29. The molecule has 0 radical (unpaired) electrons. The van der Waals surface area contributed by atoms with Gasteiger partial charge >= 0.3 is 0 Å². The molecule has 0 spiro atoms. The second kappa shape index (κ2) is 5.10. The number of ether oxygens (including phenoxy) is 1. The number of benzene rings is 1. The van der Waals surface area contributed by atoms with Crippen molar-refractivity contribution in [2.24, 2.45) is 0 Å². The number of para-hydroxylation sites is 1. The van der Waals surface area contributed by atoms with Crippen LogP contribution in [0.5, 0.6) is 5.75 Å². The molecule has 19 heavy (non-hydrogen) atoms. The minimum atomic E-state index is 0.199. The summed E-state index contributed by atoms with van der Waals surface area (Å²) in [7, 11) is 0. The minimum Gasteiger partial charge on any atom is -0.493 e. The van der Waals surface area contributed by atoms with Gasteiger partial charge in [0.1, 0.15) is 17.3 Å². The van der Waals surface area contributed by atoms with Crippen molar-refractivity contribution in [2.75, 3.05) is 6.61 Å². The molecule has 0 amide bonds. The van der Waals surface area contributed by atoms with Gasteiger partial charge in [0.25, 0.3) is 0 Å². The summed E-state index contributed by atoms with van der Waals surface area (Å²) < 4.78 is 11.4. The maximum atomic E-state index is 5.68. The summed E-state index contributed by atoms with van der Waals surface area (Å²) in [5.41, 5.74) is 1.24. The molecule has 2 atom stereocenters. The SMILES string of the molecule is Cc1ccc(C(C)NC2CCOc3ccccc32)o1. The molecule has 0 bridgehead atoms. The Morgan fingerprint density at radius 2 is 2.05 bits per heavy atom. The van der Waals surface area contributed by atoms with Crippen molar-refractivity contribution in [3.05, 3.63) is 53.5 Å². The molecule has 1 aliphatic rings. The van der Waals surface area contributed by atoms with Gasteiger partial charge < -0.3 is 14.5 Å². The highest BCUT2D eigenvalue weighted by Gasteiger charge is 2.23. The van der Waals surface area contributed by atoms with E-state index in [1.807, 2.05) is 31.2 Å². The van der Waals surface area contributed by atoms with Crippen LogP contribution in [0.15, 0.2) is 40.8 Å². The molecule has 0 aliphatic carbocycles. The number of nitrogens with one attached hydrogen (secondary N) is 1. The monoisotopic (exact) mass is 257 g/mol. The van der Waals surface area contributed by atoms with Crippen molar-refractivity contribution < 1.29 is 9.15 Å². The maximum Gasteiger partial charge on any atom is 0.124 e. The standard InChI is InChI=1S/C16H19NO2/c1-11-7-8-15(19-11)12(2)17-14-9-10-18-16-6-4-3-5-13(14)16/h3-8,12,14,17H,9-10H2,1-2H3. The van der Waals surface area contributed by atoms with E-state index in [-0.39, 0.29) is 6.04 Å². The second-order valence-corrected chi connectivity index (χ2v) is 5.06. The first kappa shape index (κ1) is 12.3. The molecular formula is C16H19NO2. The quantitative estimate of drug-likeness (QED) is 0.909. The summed E-state index contributed by atoms with van der Waals surface area (Å²) in [6.07, 6.45) is 0.987. The van der Waals surface area contributed by atoms with Crippen LogP contribution in [0.3, 0.4) is 0 Å². The Morgan fingerprint density at radius 1 is 1.21 bits per heavy atom. The number of furan rings is 1. The van der Waals surface area contributed by atoms with Crippen LogP contribution in [0.25, 0.3) is 0 Å². The van der Waals surface area contributed by atoms with E-state index in [1.54, 1.807) is 0 Å². The lowest BCUT2D eigenvalue weighted by Gasteiger charge is -2.28. The summed E-state index contributed by atoms with van der Waals surface area (Å²) in [4.78, 5) is 0. The van der Waals surface area contributed by atoms with Crippen molar-refractivity contribution >= 4 is 0 Å². The van der Waals surface area contributed by atoms with Gasteiger partial charge in [0.15, 0.2) is 0 Å². The molecule has 2 aromatic rings. The van der Waals surface area contributed by atoms with Gasteiger partial charge in [-0.1, -0.05) is 18.2 Å². The Balaban J connectivity index is 1.77. The Labute approximate surface area is 113 Å². The van der Waals surface area contributed by atoms with Gasteiger partial charge in [-0.3, -0.25) is 0 Å². The molecule has 1 aliphatic heterocycles. The lowest BCUT2D eigenvalue weighted by atomic mass is 9.99. The van der Waals surface area contributed by atoms with Crippen molar-refractivity contribution in [1.82, 2.24) is 5.32 Å². The maximum absolute atomic E-state index is 5.68. The average molecular weight is 257 g/mol. The first-order valence-corrected chi connectivity index (χ1v) is 6.78. The summed E-state index contributed by atoms with van der Waals surface area (Å²) in [5, 5.41) is 3.63. The third-order valence-electron chi connectivity index (χ3n) is 3.60. The summed E-state index contributed by atoms with van der Waals surface area (Å²) in [6.45, 7) is 4.87. The van der Waals surface area contributed by atoms with Gasteiger partial charge in [0.05, 0.1) is 12.6 Å². The van der Waals surface area contributed by atoms with Gasteiger partial charge in [0, 0.05) is 18.0 Å². The molecule has 2 unspecified atom stereocenters. The predicted octanol–water partition coefficient (Wildman–Crippen LogP) is 3.76. The van der Waals surface area contributed by atoms with Gasteiger partial charge in [0.2, 0.25) is 0 Å². The van der Waals surface area contributed by atoms with Crippen molar-refractivity contribution in [3.63, 3.8) is 0 Å². The van der Waals surface area contributed by atoms with Crippen LogP contribution in [-0.2, 0) is 0 Å². The summed E-state index contributed by atoms with van der Waals surface area (Å²) >= 11 is 0. The Kier molecular flexibility index (Phi) is 3.30. The zero-order chi connectivity index (χ0) is 13.2. The molecule has 3 heteroatoms. The first-order valence-electron chi connectivity index (χ1n) is 6.78. The number of rotatable bonds is 3. The Morgan fingerprint density at radius 3 is 2.84 bits per heavy atom. The van der Waals surface area contributed by atoms with Crippen LogP contribution >= 0.6 is 0 Å². The fourth-order valence-electron chi connectivity index (χ4n) is 2.59. The highest BCUT2D eigenvalue weighted by atomic mass is 16.5. The fourth-order valence-corrected chi connectivity index (χ4v) is 2.59.